The summed E-state index contributed by atoms with van der Waals surface area (Å²) in [6.45, 7) is 4.36. The van der Waals surface area contributed by atoms with E-state index in [1.807, 2.05) is 17.9 Å². The van der Waals surface area contributed by atoms with E-state index < -0.39 is 0 Å². The Morgan fingerprint density at radius 2 is 2.45 bits per heavy atom. The van der Waals surface area contributed by atoms with Gasteiger partial charge in [0.05, 0.1) is 5.56 Å². The minimum Gasteiger partial charge on any atom is -0.396 e. The summed E-state index contributed by atoms with van der Waals surface area (Å²) in [5, 5.41) is 12.1. The van der Waals surface area contributed by atoms with Gasteiger partial charge in [0.1, 0.15) is 5.82 Å². The van der Waals surface area contributed by atoms with Gasteiger partial charge in [-0.15, -0.1) is 0 Å². The van der Waals surface area contributed by atoms with Crippen LogP contribution in [0.2, 0.25) is 0 Å². The molecule has 0 radical (unpaired) electrons. The van der Waals surface area contributed by atoms with Crippen LogP contribution in [0.3, 0.4) is 0 Å². The number of amides is 1. The number of hydrogen-bond donors (Lipinski definition) is 2. The highest BCUT2D eigenvalue weighted by molar-refractivity contribution is 9.10. The number of nitrogens with one attached hydrogen (secondary N) is 1. The van der Waals surface area contributed by atoms with Gasteiger partial charge in [-0.25, -0.2) is 4.98 Å². The number of carbonyl (C=O) groups excluding carboxylic acids is 1. The van der Waals surface area contributed by atoms with Crippen molar-refractivity contribution < 1.29 is 9.90 Å². The first-order valence-electron chi connectivity index (χ1n) is 6.95. The van der Waals surface area contributed by atoms with Gasteiger partial charge >= 0.3 is 0 Å². The Balaban J connectivity index is 2.14. The second-order valence-corrected chi connectivity index (χ2v) is 5.91. The fourth-order valence-corrected chi connectivity index (χ4v) is 2.85. The van der Waals surface area contributed by atoms with Gasteiger partial charge in [0.15, 0.2) is 0 Å². The molecule has 5 nitrogen and oxygen atoms in total. The first-order valence-corrected chi connectivity index (χ1v) is 7.74. The summed E-state index contributed by atoms with van der Waals surface area (Å²) in [6.07, 6.45) is 3.41. The van der Waals surface area contributed by atoms with E-state index in [4.69, 9.17) is 5.11 Å². The fourth-order valence-electron chi connectivity index (χ4n) is 2.52. The molecule has 1 aliphatic heterocycles. The standard InChI is InChI=1S/C14H20BrN3O2/c1-2-16-13-12(7-11(15)8-17-13)14(20)18-5-3-10(9-18)4-6-19/h7-8,10,19H,2-6,9H2,1H3,(H,16,17). The molecule has 2 heterocycles. The molecule has 1 aliphatic rings. The van der Waals surface area contributed by atoms with Crippen LogP contribution in [0.25, 0.3) is 0 Å². The highest BCUT2D eigenvalue weighted by Crippen LogP contribution is 2.25. The number of nitrogens with zero attached hydrogens (tertiary/aromatic N) is 2. The third-order valence-corrected chi connectivity index (χ3v) is 3.97. The number of pyridine rings is 1. The number of anilines is 1. The molecular weight excluding hydrogens is 322 g/mol. The van der Waals surface area contributed by atoms with E-state index >= 15 is 0 Å². The molecule has 6 heteroatoms. The van der Waals surface area contributed by atoms with E-state index in [0.29, 0.717) is 17.3 Å². The zero-order valence-electron chi connectivity index (χ0n) is 11.6. The predicted octanol–water partition coefficient (Wildman–Crippen LogP) is 2.12. The van der Waals surface area contributed by atoms with E-state index in [1.54, 1.807) is 6.20 Å². The second-order valence-electron chi connectivity index (χ2n) is 5.00. The normalized spacial score (nSPS) is 18.4. The van der Waals surface area contributed by atoms with Gasteiger partial charge < -0.3 is 15.3 Å². The molecule has 1 amide bonds. The topological polar surface area (TPSA) is 65.5 Å². The third-order valence-electron chi connectivity index (χ3n) is 3.54. The van der Waals surface area contributed by atoms with Gasteiger partial charge in [0, 0.05) is 36.9 Å². The Bertz CT molecular complexity index is 481. The lowest BCUT2D eigenvalue weighted by Crippen LogP contribution is -2.29. The number of aromatic nitrogens is 1. The predicted molar refractivity (Wildman–Crippen MR) is 81.8 cm³/mol. The Kier molecular flexibility index (Phi) is 5.37. The zero-order valence-corrected chi connectivity index (χ0v) is 13.2. The third kappa shape index (κ3) is 3.49. The summed E-state index contributed by atoms with van der Waals surface area (Å²) in [5.74, 6) is 1.05. The summed E-state index contributed by atoms with van der Waals surface area (Å²) in [7, 11) is 0. The number of aliphatic hydroxyl groups is 1. The van der Waals surface area contributed by atoms with Crippen LogP contribution in [0, 0.1) is 5.92 Å². The maximum absolute atomic E-state index is 12.6. The molecule has 0 spiro atoms. The van der Waals surface area contributed by atoms with E-state index in [0.717, 1.165) is 36.9 Å². The molecule has 1 aromatic heterocycles. The van der Waals surface area contributed by atoms with Crippen molar-refractivity contribution in [3.63, 3.8) is 0 Å². The van der Waals surface area contributed by atoms with Gasteiger partial charge in [0.25, 0.3) is 5.91 Å². The molecular formula is C14H20BrN3O2. The van der Waals surface area contributed by atoms with Crippen LogP contribution in [0.5, 0.6) is 0 Å². The summed E-state index contributed by atoms with van der Waals surface area (Å²) in [5.41, 5.74) is 0.603. The SMILES string of the molecule is CCNc1ncc(Br)cc1C(=O)N1CCC(CCO)C1. The molecule has 20 heavy (non-hydrogen) atoms. The number of likely N-dealkylation sites (tertiary alicyclic amines) is 1. The molecule has 0 aromatic carbocycles. The van der Waals surface area contributed by atoms with Crippen molar-refractivity contribution in [1.82, 2.24) is 9.88 Å². The number of rotatable bonds is 5. The molecule has 110 valence electrons. The van der Waals surface area contributed by atoms with Crippen molar-refractivity contribution in [1.29, 1.82) is 0 Å². The Morgan fingerprint density at radius 3 is 3.15 bits per heavy atom. The molecule has 0 saturated carbocycles. The van der Waals surface area contributed by atoms with Gasteiger partial charge in [-0.05, 0) is 47.7 Å². The van der Waals surface area contributed by atoms with Gasteiger partial charge in [-0.1, -0.05) is 0 Å². The van der Waals surface area contributed by atoms with Crippen molar-refractivity contribution >= 4 is 27.7 Å². The number of halogens is 1. The van der Waals surface area contributed by atoms with Crippen LogP contribution in [0.4, 0.5) is 5.82 Å². The van der Waals surface area contributed by atoms with E-state index in [9.17, 15) is 4.79 Å². The van der Waals surface area contributed by atoms with Crippen LogP contribution in [0.1, 0.15) is 30.1 Å². The average molecular weight is 342 g/mol. The molecule has 2 rings (SSSR count). The molecule has 1 fully saturated rings. The van der Waals surface area contributed by atoms with Crippen molar-refractivity contribution in [2.24, 2.45) is 5.92 Å². The number of carbonyl (C=O) groups is 1. The summed E-state index contributed by atoms with van der Waals surface area (Å²) >= 11 is 3.37. The molecule has 1 unspecified atom stereocenters. The first kappa shape index (κ1) is 15.3. The van der Waals surface area contributed by atoms with Crippen molar-refractivity contribution in [3.8, 4) is 0 Å². The van der Waals surface area contributed by atoms with E-state index in [1.165, 1.54) is 0 Å². The van der Waals surface area contributed by atoms with Gasteiger partial charge in [-0.2, -0.15) is 0 Å². The van der Waals surface area contributed by atoms with Crippen LogP contribution < -0.4 is 5.32 Å². The van der Waals surface area contributed by atoms with E-state index in [2.05, 4.69) is 26.2 Å². The van der Waals surface area contributed by atoms with Crippen LogP contribution in [0.15, 0.2) is 16.7 Å². The lowest BCUT2D eigenvalue weighted by Gasteiger charge is -2.18. The Labute approximate surface area is 127 Å². The molecule has 1 atom stereocenters. The maximum Gasteiger partial charge on any atom is 0.257 e. The highest BCUT2D eigenvalue weighted by atomic mass is 79.9. The van der Waals surface area contributed by atoms with Crippen molar-refractivity contribution in [2.75, 3.05) is 31.6 Å². The minimum absolute atomic E-state index is 0.00943. The highest BCUT2D eigenvalue weighted by Gasteiger charge is 2.28. The van der Waals surface area contributed by atoms with Gasteiger partial charge in [-0.3, -0.25) is 4.79 Å². The Morgan fingerprint density at radius 1 is 1.65 bits per heavy atom. The monoisotopic (exact) mass is 341 g/mol. The summed E-state index contributed by atoms with van der Waals surface area (Å²) in [6, 6.07) is 1.81. The average Bonchev–Trinajstić information content (AvgIpc) is 2.89. The first-order chi connectivity index (χ1) is 9.65. The van der Waals surface area contributed by atoms with E-state index in [-0.39, 0.29) is 12.5 Å². The molecule has 0 bridgehead atoms. The maximum atomic E-state index is 12.6. The van der Waals surface area contributed by atoms with Crippen LogP contribution >= 0.6 is 15.9 Å². The number of hydrogen-bond acceptors (Lipinski definition) is 4. The fraction of sp³-hybridized carbons (Fsp3) is 0.571. The lowest BCUT2D eigenvalue weighted by atomic mass is 10.1. The Hall–Kier alpha value is -1.14. The second kappa shape index (κ2) is 7.04. The molecule has 1 aromatic rings. The largest absolute Gasteiger partial charge is 0.396 e. The summed E-state index contributed by atoms with van der Waals surface area (Å²) in [4.78, 5) is 18.7. The van der Waals surface area contributed by atoms with Crippen LogP contribution in [-0.2, 0) is 0 Å². The van der Waals surface area contributed by atoms with Crippen molar-refractivity contribution in [2.45, 2.75) is 19.8 Å². The van der Waals surface area contributed by atoms with Gasteiger partial charge in [0.2, 0.25) is 0 Å². The smallest absolute Gasteiger partial charge is 0.257 e. The van der Waals surface area contributed by atoms with Crippen LogP contribution in [-0.4, -0.2) is 47.1 Å². The molecule has 1 saturated heterocycles. The molecule has 0 aliphatic carbocycles. The lowest BCUT2D eigenvalue weighted by molar-refractivity contribution is 0.0785. The quantitative estimate of drug-likeness (QED) is 0.860. The minimum atomic E-state index is 0.00943. The number of aliphatic hydroxyl groups excluding tert-OH is 1. The molecule has 2 N–H and O–H groups in total. The summed E-state index contributed by atoms with van der Waals surface area (Å²) < 4.78 is 0.800. The zero-order chi connectivity index (χ0) is 14.5. The van der Waals surface area contributed by atoms with Crippen molar-refractivity contribution in [3.05, 3.63) is 22.3 Å².